The SMILES string of the molecule is O=C(O)CC1CCCCN1C(=O)NC1CCN2CCCC12. The van der Waals surface area contributed by atoms with Crippen molar-refractivity contribution in [3.63, 3.8) is 0 Å². The van der Waals surface area contributed by atoms with E-state index in [1.54, 1.807) is 4.90 Å². The summed E-state index contributed by atoms with van der Waals surface area (Å²) in [6.07, 6.45) is 6.28. The van der Waals surface area contributed by atoms with Gasteiger partial charge in [0.05, 0.1) is 6.42 Å². The van der Waals surface area contributed by atoms with Crippen LogP contribution in [0.15, 0.2) is 0 Å². The fraction of sp³-hybridized carbons (Fsp3) is 0.867. The third-order valence-corrected chi connectivity index (χ3v) is 5.21. The van der Waals surface area contributed by atoms with Gasteiger partial charge in [0.25, 0.3) is 0 Å². The van der Waals surface area contributed by atoms with Crippen molar-refractivity contribution < 1.29 is 14.7 Å². The first-order chi connectivity index (χ1) is 10.1. The number of piperidine rings is 1. The largest absolute Gasteiger partial charge is 0.481 e. The van der Waals surface area contributed by atoms with E-state index in [2.05, 4.69) is 10.2 Å². The second-order valence-electron chi connectivity index (χ2n) is 6.53. The Kier molecular flexibility index (Phi) is 4.33. The monoisotopic (exact) mass is 295 g/mol. The van der Waals surface area contributed by atoms with Gasteiger partial charge in [-0.25, -0.2) is 4.79 Å². The highest BCUT2D eigenvalue weighted by atomic mass is 16.4. The van der Waals surface area contributed by atoms with Crippen molar-refractivity contribution >= 4 is 12.0 Å². The summed E-state index contributed by atoms with van der Waals surface area (Å²) in [6.45, 7) is 2.92. The van der Waals surface area contributed by atoms with Crippen LogP contribution in [0, 0.1) is 0 Å². The quantitative estimate of drug-likeness (QED) is 0.822. The van der Waals surface area contributed by atoms with Gasteiger partial charge in [0.15, 0.2) is 0 Å². The molecule has 3 aliphatic rings. The summed E-state index contributed by atoms with van der Waals surface area (Å²) in [5.41, 5.74) is 0. The van der Waals surface area contributed by atoms with Crippen molar-refractivity contribution in [2.24, 2.45) is 0 Å². The van der Waals surface area contributed by atoms with Gasteiger partial charge in [0.1, 0.15) is 0 Å². The number of carbonyl (C=O) groups is 2. The number of amides is 2. The highest BCUT2D eigenvalue weighted by Gasteiger charge is 2.39. The normalized spacial score (nSPS) is 33.0. The number of rotatable bonds is 3. The second kappa shape index (κ2) is 6.22. The van der Waals surface area contributed by atoms with Gasteiger partial charge in [-0.05, 0) is 45.1 Å². The van der Waals surface area contributed by atoms with Crippen LogP contribution >= 0.6 is 0 Å². The predicted molar refractivity (Wildman–Crippen MR) is 78.1 cm³/mol. The van der Waals surface area contributed by atoms with Gasteiger partial charge in [0, 0.05) is 31.2 Å². The molecule has 3 fully saturated rings. The molecule has 2 amide bonds. The molecular weight excluding hydrogens is 270 g/mol. The molecule has 6 nitrogen and oxygen atoms in total. The summed E-state index contributed by atoms with van der Waals surface area (Å²) in [6, 6.07) is 0.543. The lowest BCUT2D eigenvalue weighted by molar-refractivity contribution is -0.138. The van der Waals surface area contributed by atoms with Crippen LogP contribution < -0.4 is 5.32 Å². The number of carbonyl (C=O) groups excluding carboxylic acids is 1. The van der Waals surface area contributed by atoms with E-state index < -0.39 is 5.97 Å². The number of hydrogen-bond acceptors (Lipinski definition) is 3. The molecule has 0 spiro atoms. The lowest BCUT2D eigenvalue weighted by atomic mass is 9.99. The van der Waals surface area contributed by atoms with Crippen molar-refractivity contribution in [1.82, 2.24) is 15.1 Å². The Morgan fingerprint density at radius 1 is 1.05 bits per heavy atom. The molecule has 0 saturated carbocycles. The summed E-state index contributed by atoms with van der Waals surface area (Å²) in [7, 11) is 0. The average molecular weight is 295 g/mol. The molecule has 0 aliphatic carbocycles. The average Bonchev–Trinajstić information content (AvgIpc) is 3.03. The Hall–Kier alpha value is -1.30. The highest BCUT2D eigenvalue weighted by Crippen LogP contribution is 2.28. The van der Waals surface area contributed by atoms with E-state index in [-0.39, 0.29) is 24.5 Å². The topological polar surface area (TPSA) is 72.9 Å². The van der Waals surface area contributed by atoms with Crippen LogP contribution in [0.3, 0.4) is 0 Å². The van der Waals surface area contributed by atoms with Crippen molar-refractivity contribution in [1.29, 1.82) is 0 Å². The highest BCUT2D eigenvalue weighted by molar-refractivity contribution is 5.76. The molecule has 3 heterocycles. The molecular formula is C15H25N3O3. The maximum absolute atomic E-state index is 12.5. The third-order valence-electron chi connectivity index (χ3n) is 5.21. The second-order valence-corrected chi connectivity index (χ2v) is 6.53. The number of urea groups is 1. The summed E-state index contributed by atoms with van der Waals surface area (Å²) in [5.74, 6) is -0.817. The Bertz CT molecular complexity index is 415. The van der Waals surface area contributed by atoms with Gasteiger partial charge in [-0.15, -0.1) is 0 Å². The molecule has 0 bridgehead atoms. The maximum atomic E-state index is 12.5. The summed E-state index contributed by atoms with van der Waals surface area (Å²) >= 11 is 0. The van der Waals surface area contributed by atoms with Crippen LogP contribution in [0.5, 0.6) is 0 Å². The molecule has 0 radical (unpaired) electrons. The smallest absolute Gasteiger partial charge is 0.317 e. The molecule has 0 aromatic carbocycles. The first-order valence-corrected chi connectivity index (χ1v) is 8.18. The van der Waals surface area contributed by atoms with Crippen LogP contribution in [0.25, 0.3) is 0 Å². The van der Waals surface area contributed by atoms with E-state index in [0.29, 0.717) is 12.6 Å². The minimum Gasteiger partial charge on any atom is -0.481 e. The van der Waals surface area contributed by atoms with Crippen LogP contribution in [-0.2, 0) is 4.79 Å². The maximum Gasteiger partial charge on any atom is 0.317 e. The Morgan fingerprint density at radius 3 is 2.71 bits per heavy atom. The molecule has 0 aromatic rings. The Balaban J connectivity index is 1.59. The van der Waals surface area contributed by atoms with E-state index >= 15 is 0 Å². The van der Waals surface area contributed by atoms with E-state index in [1.165, 1.54) is 12.8 Å². The molecule has 21 heavy (non-hydrogen) atoms. The number of aliphatic carboxylic acids is 1. The number of hydrogen-bond donors (Lipinski definition) is 2. The van der Waals surface area contributed by atoms with Crippen LogP contribution in [0.2, 0.25) is 0 Å². The summed E-state index contributed by atoms with van der Waals surface area (Å²) in [4.78, 5) is 27.7. The number of likely N-dealkylation sites (tertiary alicyclic amines) is 1. The molecule has 3 rings (SSSR count). The molecule has 3 saturated heterocycles. The fourth-order valence-corrected chi connectivity index (χ4v) is 4.17. The van der Waals surface area contributed by atoms with Gasteiger partial charge in [-0.2, -0.15) is 0 Å². The first-order valence-electron chi connectivity index (χ1n) is 8.18. The molecule has 3 atom stereocenters. The Labute approximate surface area is 125 Å². The van der Waals surface area contributed by atoms with Gasteiger partial charge in [-0.3, -0.25) is 9.69 Å². The zero-order valence-electron chi connectivity index (χ0n) is 12.5. The first kappa shape index (κ1) is 14.6. The third kappa shape index (κ3) is 3.15. The molecule has 2 N–H and O–H groups in total. The number of carboxylic acid groups (broad SMARTS) is 1. The number of fused-ring (bicyclic) bond motifs is 1. The van der Waals surface area contributed by atoms with E-state index in [9.17, 15) is 9.59 Å². The number of nitrogens with zero attached hydrogens (tertiary/aromatic N) is 2. The molecule has 3 aliphatic heterocycles. The van der Waals surface area contributed by atoms with Crippen molar-refractivity contribution in [3.8, 4) is 0 Å². The minimum absolute atomic E-state index is 0.0558. The van der Waals surface area contributed by atoms with E-state index in [4.69, 9.17) is 5.11 Å². The standard InChI is InChI=1S/C15H25N3O3/c19-14(20)10-11-4-1-2-8-18(11)15(21)16-12-6-9-17-7-3-5-13(12)17/h11-13H,1-10H2,(H,16,21)(H,19,20). The summed E-state index contributed by atoms with van der Waals surface area (Å²) in [5, 5.41) is 12.2. The summed E-state index contributed by atoms with van der Waals surface area (Å²) < 4.78 is 0. The molecule has 0 aromatic heterocycles. The molecule has 118 valence electrons. The fourth-order valence-electron chi connectivity index (χ4n) is 4.17. The van der Waals surface area contributed by atoms with Gasteiger partial charge < -0.3 is 15.3 Å². The lowest BCUT2D eigenvalue weighted by Gasteiger charge is -2.36. The van der Waals surface area contributed by atoms with Crippen molar-refractivity contribution in [2.45, 2.75) is 63.1 Å². The van der Waals surface area contributed by atoms with Gasteiger partial charge in [0.2, 0.25) is 0 Å². The van der Waals surface area contributed by atoms with Crippen LogP contribution in [0.4, 0.5) is 4.79 Å². The zero-order chi connectivity index (χ0) is 14.8. The van der Waals surface area contributed by atoms with Crippen molar-refractivity contribution in [2.75, 3.05) is 19.6 Å². The van der Waals surface area contributed by atoms with E-state index in [1.807, 2.05) is 0 Å². The van der Waals surface area contributed by atoms with Crippen LogP contribution in [0.1, 0.15) is 44.9 Å². The number of carboxylic acids is 1. The number of nitrogens with one attached hydrogen (secondary N) is 1. The van der Waals surface area contributed by atoms with Gasteiger partial charge in [-0.1, -0.05) is 0 Å². The Morgan fingerprint density at radius 2 is 1.90 bits per heavy atom. The zero-order valence-corrected chi connectivity index (χ0v) is 12.5. The van der Waals surface area contributed by atoms with Crippen molar-refractivity contribution in [3.05, 3.63) is 0 Å². The minimum atomic E-state index is -0.817. The predicted octanol–water partition coefficient (Wildman–Crippen LogP) is 1.26. The molecule has 3 unspecified atom stereocenters. The van der Waals surface area contributed by atoms with Gasteiger partial charge >= 0.3 is 12.0 Å². The van der Waals surface area contributed by atoms with E-state index in [0.717, 1.165) is 38.8 Å². The molecule has 6 heteroatoms. The lowest BCUT2D eigenvalue weighted by Crippen LogP contribution is -2.53. The van der Waals surface area contributed by atoms with Crippen LogP contribution in [-0.4, -0.2) is 64.7 Å².